The number of halogens is 2. The Morgan fingerprint density at radius 2 is 1.83 bits per heavy atom. The first kappa shape index (κ1) is 13.4. The molecule has 0 aromatic heterocycles. The van der Waals surface area contributed by atoms with Crippen molar-refractivity contribution in [2.75, 3.05) is 5.32 Å². The molecule has 0 spiro atoms. The molecule has 0 radical (unpaired) electrons. The zero-order chi connectivity index (χ0) is 13.0. The first-order valence-electron chi connectivity index (χ1n) is 5.96. The fraction of sp³-hybridized carbons (Fsp3) is 0.200. The van der Waals surface area contributed by atoms with Crippen molar-refractivity contribution in [1.29, 1.82) is 0 Å². The van der Waals surface area contributed by atoms with Crippen LogP contribution in [0.3, 0.4) is 0 Å². The van der Waals surface area contributed by atoms with Crippen LogP contribution in [0.4, 0.5) is 5.69 Å². The molecule has 2 aromatic rings. The highest BCUT2D eigenvalue weighted by molar-refractivity contribution is 9.10. The first-order valence-corrected chi connectivity index (χ1v) is 7.13. The predicted octanol–water partition coefficient (Wildman–Crippen LogP) is 5.28. The molecule has 1 nitrogen and oxygen atoms in total. The molecule has 2 rings (SSSR count). The molecular formula is C15H15BrClN. The highest BCUT2D eigenvalue weighted by Crippen LogP contribution is 2.22. The third-order valence-electron chi connectivity index (χ3n) is 2.86. The minimum Gasteiger partial charge on any atom is -0.381 e. The van der Waals surface area contributed by atoms with Crippen LogP contribution in [0.25, 0.3) is 0 Å². The number of anilines is 1. The fourth-order valence-corrected chi connectivity index (χ4v) is 2.46. The Morgan fingerprint density at radius 3 is 2.44 bits per heavy atom. The summed E-state index contributed by atoms with van der Waals surface area (Å²) >= 11 is 9.58. The van der Waals surface area contributed by atoms with E-state index < -0.39 is 0 Å². The lowest BCUT2D eigenvalue weighted by Gasteiger charge is -2.09. The van der Waals surface area contributed by atoms with Crippen LogP contribution >= 0.6 is 27.5 Å². The number of aryl methyl sites for hydroxylation is 1. The molecule has 0 heterocycles. The van der Waals surface area contributed by atoms with Gasteiger partial charge < -0.3 is 5.32 Å². The minimum absolute atomic E-state index is 0.734. The fourth-order valence-electron chi connectivity index (χ4n) is 1.72. The lowest BCUT2D eigenvalue weighted by Crippen LogP contribution is -2.00. The maximum absolute atomic E-state index is 6.17. The summed E-state index contributed by atoms with van der Waals surface area (Å²) in [6.07, 6.45) is 1.07. The van der Waals surface area contributed by atoms with Crippen LogP contribution in [0.5, 0.6) is 0 Å². The van der Waals surface area contributed by atoms with Gasteiger partial charge in [-0.1, -0.05) is 52.7 Å². The van der Waals surface area contributed by atoms with Gasteiger partial charge in [-0.3, -0.25) is 0 Å². The van der Waals surface area contributed by atoms with Gasteiger partial charge in [0.2, 0.25) is 0 Å². The molecule has 0 unspecified atom stereocenters. The van der Waals surface area contributed by atoms with E-state index in [4.69, 9.17) is 11.6 Å². The number of benzene rings is 2. The van der Waals surface area contributed by atoms with Crippen molar-refractivity contribution < 1.29 is 0 Å². The van der Waals surface area contributed by atoms with Crippen molar-refractivity contribution in [3.05, 3.63) is 63.1 Å². The second-order valence-corrected chi connectivity index (χ2v) is 5.46. The van der Waals surface area contributed by atoms with Crippen LogP contribution in [0, 0.1) is 0 Å². The first-order chi connectivity index (χ1) is 8.69. The number of hydrogen-bond donors (Lipinski definition) is 1. The van der Waals surface area contributed by atoms with E-state index in [1.165, 1.54) is 5.56 Å². The van der Waals surface area contributed by atoms with Gasteiger partial charge in [0.05, 0.1) is 0 Å². The normalized spacial score (nSPS) is 10.4. The van der Waals surface area contributed by atoms with Gasteiger partial charge in [0.25, 0.3) is 0 Å². The summed E-state index contributed by atoms with van der Waals surface area (Å²) in [5.41, 5.74) is 3.56. The molecule has 2 aromatic carbocycles. The SMILES string of the molecule is CCc1ccc(NCc2ccc(Br)cc2Cl)cc1. The zero-order valence-electron chi connectivity index (χ0n) is 10.2. The summed E-state index contributed by atoms with van der Waals surface area (Å²) in [6.45, 7) is 2.89. The second kappa shape index (κ2) is 6.26. The van der Waals surface area contributed by atoms with Crippen LogP contribution < -0.4 is 5.32 Å². The van der Waals surface area contributed by atoms with Crippen LogP contribution in [0.1, 0.15) is 18.1 Å². The molecule has 0 saturated carbocycles. The predicted molar refractivity (Wildman–Crippen MR) is 82.3 cm³/mol. The van der Waals surface area contributed by atoms with Gasteiger partial charge in [0, 0.05) is 21.7 Å². The quantitative estimate of drug-likeness (QED) is 0.807. The van der Waals surface area contributed by atoms with Gasteiger partial charge >= 0.3 is 0 Å². The average molecular weight is 325 g/mol. The van der Waals surface area contributed by atoms with Gasteiger partial charge in [-0.05, 0) is 41.8 Å². The van der Waals surface area contributed by atoms with Crippen LogP contribution in [-0.4, -0.2) is 0 Å². The lowest BCUT2D eigenvalue weighted by molar-refractivity contribution is 1.12. The summed E-state index contributed by atoms with van der Waals surface area (Å²) < 4.78 is 1.00. The molecule has 0 bridgehead atoms. The van der Waals surface area contributed by atoms with Crippen molar-refractivity contribution in [1.82, 2.24) is 0 Å². The van der Waals surface area contributed by atoms with E-state index >= 15 is 0 Å². The Bertz CT molecular complexity index is 523. The summed E-state index contributed by atoms with van der Waals surface area (Å²) in [4.78, 5) is 0. The smallest absolute Gasteiger partial charge is 0.0467 e. The minimum atomic E-state index is 0.734. The molecule has 0 saturated heterocycles. The van der Waals surface area contributed by atoms with Gasteiger partial charge in [0.15, 0.2) is 0 Å². The summed E-state index contributed by atoms with van der Waals surface area (Å²) in [5.74, 6) is 0. The van der Waals surface area contributed by atoms with Crippen molar-refractivity contribution in [3.8, 4) is 0 Å². The third-order valence-corrected chi connectivity index (χ3v) is 3.71. The maximum Gasteiger partial charge on any atom is 0.0467 e. The molecular weight excluding hydrogens is 310 g/mol. The topological polar surface area (TPSA) is 12.0 Å². The van der Waals surface area contributed by atoms with Gasteiger partial charge in [0.1, 0.15) is 0 Å². The number of rotatable bonds is 4. The summed E-state index contributed by atoms with van der Waals surface area (Å²) in [5, 5.41) is 4.15. The highest BCUT2D eigenvalue weighted by atomic mass is 79.9. The van der Waals surface area contributed by atoms with Crippen molar-refractivity contribution >= 4 is 33.2 Å². The molecule has 0 atom stereocenters. The Labute approximate surface area is 121 Å². The van der Waals surface area contributed by atoms with E-state index in [0.29, 0.717) is 0 Å². The van der Waals surface area contributed by atoms with Crippen molar-refractivity contribution in [2.24, 2.45) is 0 Å². The third kappa shape index (κ3) is 3.50. The summed E-state index contributed by atoms with van der Waals surface area (Å²) in [7, 11) is 0. The van der Waals surface area contributed by atoms with Gasteiger partial charge in [-0.25, -0.2) is 0 Å². The van der Waals surface area contributed by atoms with E-state index in [9.17, 15) is 0 Å². The lowest BCUT2D eigenvalue weighted by atomic mass is 10.1. The Balaban J connectivity index is 2.02. The number of nitrogens with one attached hydrogen (secondary N) is 1. The Morgan fingerprint density at radius 1 is 1.11 bits per heavy atom. The van der Waals surface area contributed by atoms with Gasteiger partial charge in [-0.15, -0.1) is 0 Å². The van der Waals surface area contributed by atoms with Crippen molar-refractivity contribution in [3.63, 3.8) is 0 Å². The van der Waals surface area contributed by atoms with E-state index in [1.54, 1.807) is 0 Å². The zero-order valence-corrected chi connectivity index (χ0v) is 12.6. The largest absolute Gasteiger partial charge is 0.381 e. The molecule has 0 aliphatic rings. The number of hydrogen-bond acceptors (Lipinski definition) is 1. The molecule has 0 fully saturated rings. The van der Waals surface area contributed by atoms with E-state index in [-0.39, 0.29) is 0 Å². The average Bonchev–Trinajstić information content (AvgIpc) is 2.38. The second-order valence-electron chi connectivity index (χ2n) is 4.14. The van der Waals surface area contributed by atoms with E-state index in [1.807, 2.05) is 18.2 Å². The van der Waals surface area contributed by atoms with Crippen molar-refractivity contribution in [2.45, 2.75) is 19.9 Å². The van der Waals surface area contributed by atoms with E-state index in [2.05, 4.69) is 52.4 Å². The van der Waals surface area contributed by atoms with E-state index in [0.717, 1.165) is 33.7 Å². The van der Waals surface area contributed by atoms with Crippen LogP contribution in [0.15, 0.2) is 46.9 Å². The van der Waals surface area contributed by atoms with Crippen LogP contribution in [0.2, 0.25) is 5.02 Å². The molecule has 94 valence electrons. The molecule has 3 heteroatoms. The maximum atomic E-state index is 6.17. The molecule has 0 amide bonds. The summed E-state index contributed by atoms with van der Waals surface area (Å²) in [6, 6.07) is 14.4. The van der Waals surface area contributed by atoms with Gasteiger partial charge in [-0.2, -0.15) is 0 Å². The Hall–Kier alpha value is -0.990. The molecule has 0 aliphatic carbocycles. The molecule has 18 heavy (non-hydrogen) atoms. The molecule has 1 N–H and O–H groups in total. The Kier molecular flexibility index (Phi) is 4.67. The monoisotopic (exact) mass is 323 g/mol. The highest BCUT2D eigenvalue weighted by Gasteiger charge is 2.01. The molecule has 0 aliphatic heterocycles. The van der Waals surface area contributed by atoms with Crippen LogP contribution in [-0.2, 0) is 13.0 Å². The standard InChI is InChI=1S/C15H15BrClN/c1-2-11-3-7-14(8-4-11)18-10-12-5-6-13(16)9-15(12)17/h3-9,18H,2,10H2,1H3.